The van der Waals surface area contributed by atoms with Crippen LogP contribution in [0.15, 0.2) is 79.0 Å². The van der Waals surface area contributed by atoms with E-state index < -0.39 is 6.04 Å². The van der Waals surface area contributed by atoms with Crippen molar-refractivity contribution in [3.05, 3.63) is 95.2 Å². The van der Waals surface area contributed by atoms with Crippen LogP contribution in [-0.4, -0.2) is 45.8 Å². The zero-order valence-electron chi connectivity index (χ0n) is 21.0. The number of halogens is 1. The number of hydrazine groups is 1. The summed E-state index contributed by atoms with van der Waals surface area (Å²) in [6, 6.07) is 19.6. The van der Waals surface area contributed by atoms with Gasteiger partial charge in [0.15, 0.2) is 0 Å². The summed E-state index contributed by atoms with van der Waals surface area (Å²) >= 11 is 6.18. The molecule has 1 aliphatic heterocycles. The van der Waals surface area contributed by atoms with Crippen LogP contribution in [-0.2, 0) is 9.59 Å². The van der Waals surface area contributed by atoms with E-state index >= 15 is 0 Å². The van der Waals surface area contributed by atoms with Crippen molar-refractivity contribution in [2.24, 2.45) is 5.84 Å². The van der Waals surface area contributed by atoms with Gasteiger partial charge < -0.3 is 10.2 Å². The summed E-state index contributed by atoms with van der Waals surface area (Å²) in [5, 5.41) is 19.9. The van der Waals surface area contributed by atoms with Crippen LogP contribution in [0.1, 0.15) is 29.9 Å². The Kier molecular flexibility index (Phi) is 7.72. The van der Waals surface area contributed by atoms with Gasteiger partial charge in [-0.25, -0.2) is 5.84 Å². The molecule has 5 N–H and O–H groups in total. The number of hydrogen-bond acceptors (Lipinski definition) is 5. The zero-order chi connectivity index (χ0) is 27.4. The molecule has 39 heavy (non-hydrogen) atoms. The van der Waals surface area contributed by atoms with E-state index in [1.807, 2.05) is 48.5 Å². The number of nitrogens with two attached hydrogens (primary N) is 1. The number of fused-ring (bicyclic) bond motifs is 1. The Morgan fingerprint density at radius 3 is 2.77 bits per heavy atom. The highest BCUT2D eigenvalue weighted by Gasteiger charge is 2.39. The Morgan fingerprint density at radius 2 is 1.97 bits per heavy atom. The van der Waals surface area contributed by atoms with Crippen LogP contribution in [0, 0.1) is 5.41 Å². The van der Waals surface area contributed by atoms with E-state index in [2.05, 4.69) is 15.5 Å². The zero-order valence-corrected chi connectivity index (χ0v) is 21.8. The summed E-state index contributed by atoms with van der Waals surface area (Å²) in [4.78, 5) is 29.1. The fourth-order valence-electron chi connectivity index (χ4n) is 5.07. The third-order valence-electron chi connectivity index (χ3n) is 6.93. The third-order valence-corrected chi connectivity index (χ3v) is 7.17. The van der Waals surface area contributed by atoms with Crippen LogP contribution in [0.5, 0.6) is 0 Å². The molecule has 0 spiro atoms. The number of carbonyl (C=O) groups is 2. The molecule has 1 saturated heterocycles. The molecule has 0 radical (unpaired) electrons. The molecular formula is C29H28ClN7O2. The quantitative estimate of drug-likeness (QED) is 0.0866. The summed E-state index contributed by atoms with van der Waals surface area (Å²) in [7, 11) is 0. The second-order valence-electron chi connectivity index (χ2n) is 9.37. The smallest absolute Gasteiger partial charge is 0.247 e. The van der Waals surface area contributed by atoms with Crippen molar-refractivity contribution in [3.63, 3.8) is 0 Å². The van der Waals surface area contributed by atoms with Crippen molar-refractivity contribution in [2.75, 3.05) is 16.9 Å². The molecule has 0 aliphatic carbocycles. The first-order valence-electron chi connectivity index (χ1n) is 12.6. The third kappa shape index (κ3) is 5.69. The Morgan fingerprint density at radius 1 is 1.15 bits per heavy atom. The maximum absolute atomic E-state index is 13.8. The monoisotopic (exact) mass is 541 g/mol. The molecule has 1 aromatic heterocycles. The van der Waals surface area contributed by atoms with Crippen molar-refractivity contribution < 1.29 is 9.59 Å². The summed E-state index contributed by atoms with van der Waals surface area (Å²) in [6.07, 6.45) is 7.24. The van der Waals surface area contributed by atoms with Crippen LogP contribution in [0.2, 0.25) is 5.02 Å². The molecule has 1 aliphatic rings. The molecule has 2 heterocycles. The van der Waals surface area contributed by atoms with E-state index in [0.717, 1.165) is 40.7 Å². The predicted octanol–water partition coefficient (Wildman–Crippen LogP) is 4.93. The number of rotatable bonds is 7. The second kappa shape index (κ2) is 11.5. The number of H-pyrrole nitrogens is 1. The van der Waals surface area contributed by atoms with E-state index in [1.54, 1.807) is 35.4 Å². The maximum atomic E-state index is 13.8. The number of aromatic amines is 1. The van der Waals surface area contributed by atoms with E-state index in [0.29, 0.717) is 28.5 Å². The Hall–Kier alpha value is -4.47. The average molecular weight is 542 g/mol. The standard InChI is InChI=1S/C29H28ClN7O2/c30-22-9-12-26(37(32)18-31)20(15-22)8-13-27(38)36-14-4-7-24(19-5-2-1-3-6-19)28(36)29(39)34-23-10-11-25-21(16-23)17-33-35-25/h1-3,5-6,8-13,15-18,24,28,31H,4,7,14,32H2,(H,33,35)(H,34,39)/b13-8+,31-18?/t24-,28-/m0/s1. The summed E-state index contributed by atoms with van der Waals surface area (Å²) in [6.45, 7) is 0.442. The van der Waals surface area contributed by atoms with Crippen LogP contribution in [0.4, 0.5) is 11.4 Å². The van der Waals surface area contributed by atoms with Crippen molar-refractivity contribution in [3.8, 4) is 0 Å². The summed E-state index contributed by atoms with van der Waals surface area (Å²) < 4.78 is 0. The molecule has 4 aromatic rings. The Bertz CT molecular complexity index is 1540. The molecule has 1 fully saturated rings. The number of nitrogens with zero attached hydrogens (tertiary/aromatic N) is 3. The first kappa shape index (κ1) is 26.1. The van der Waals surface area contributed by atoms with Crippen molar-refractivity contribution >= 4 is 58.1 Å². The van der Waals surface area contributed by atoms with Gasteiger partial charge in [-0.3, -0.25) is 25.1 Å². The molecule has 198 valence electrons. The fourth-order valence-corrected chi connectivity index (χ4v) is 5.25. The lowest BCUT2D eigenvalue weighted by Gasteiger charge is -2.40. The normalized spacial score (nSPS) is 17.3. The molecular weight excluding hydrogens is 514 g/mol. The summed E-state index contributed by atoms with van der Waals surface area (Å²) in [5.74, 6) is 5.17. The van der Waals surface area contributed by atoms with Gasteiger partial charge in [0.1, 0.15) is 12.4 Å². The van der Waals surface area contributed by atoms with Crippen molar-refractivity contribution in [1.29, 1.82) is 5.41 Å². The number of benzene rings is 3. The van der Waals surface area contributed by atoms with E-state index in [4.69, 9.17) is 22.9 Å². The average Bonchev–Trinajstić information content (AvgIpc) is 3.43. The van der Waals surface area contributed by atoms with Gasteiger partial charge in [-0.05, 0) is 60.9 Å². The number of anilines is 2. The Balaban J connectivity index is 1.46. The van der Waals surface area contributed by atoms with Crippen molar-refractivity contribution in [1.82, 2.24) is 15.1 Å². The molecule has 0 bridgehead atoms. The largest absolute Gasteiger partial charge is 0.326 e. The number of likely N-dealkylation sites (tertiary alicyclic amines) is 1. The van der Waals surface area contributed by atoms with E-state index in [9.17, 15) is 9.59 Å². The van der Waals surface area contributed by atoms with Crippen LogP contribution in [0.3, 0.4) is 0 Å². The van der Waals surface area contributed by atoms with Crippen LogP contribution in [0.25, 0.3) is 17.0 Å². The van der Waals surface area contributed by atoms with Gasteiger partial charge in [0.05, 0.1) is 17.4 Å². The highest BCUT2D eigenvalue weighted by Crippen LogP contribution is 2.34. The Labute approximate surface area is 230 Å². The molecule has 10 heteroatoms. The number of hydrogen-bond donors (Lipinski definition) is 4. The van der Waals surface area contributed by atoms with Crippen LogP contribution >= 0.6 is 11.6 Å². The highest BCUT2D eigenvalue weighted by molar-refractivity contribution is 6.30. The van der Waals surface area contributed by atoms with Gasteiger partial charge in [0, 0.05) is 40.2 Å². The SMILES string of the molecule is N=CN(N)c1ccc(Cl)cc1/C=C/C(=O)N1CCC[C@@H](c2ccccc2)[C@H]1C(=O)Nc1ccc2[nH]ncc2c1. The van der Waals surface area contributed by atoms with E-state index in [-0.39, 0.29) is 17.7 Å². The lowest BCUT2D eigenvalue weighted by molar-refractivity contribution is -0.137. The predicted molar refractivity (Wildman–Crippen MR) is 155 cm³/mol. The molecule has 2 atom stereocenters. The number of piperidine rings is 1. The molecule has 0 unspecified atom stereocenters. The lowest BCUT2D eigenvalue weighted by atomic mass is 9.82. The van der Waals surface area contributed by atoms with Gasteiger partial charge in [-0.1, -0.05) is 41.9 Å². The van der Waals surface area contributed by atoms with E-state index in [1.165, 1.54) is 6.08 Å². The minimum absolute atomic E-state index is 0.172. The molecule has 2 amide bonds. The number of amides is 2. The highest BCUT2D eigenvalue weighted by atomic mass is 35.5. The number of nitrogens with one attached hydrogen (secondary N) is 3. The van der Waals surface area contributed by atoms with Gasteiger partial charge in [0.25, 0.3) is 0 Å². The minimum atomic E-state index is -0.718. The summed E-state index contributed by atoms with van der Waals surface area (Å²) in [5.41, 5.74) is 3.60. The van der Waals surface area contributed by atoms with Gasteiger partial charge in [-0.15, -0.1) is 0 Å². The fraction of sp³-hybridized carbons (Fsp3) is 0.172. The van der Waals surface area contributed by atoms with Gasteiger partial charge in [-0.2, -0.15) is 5.10 Å². The molecule has 5 rings (SSSR count). The van der Waals surface area contributed by atoms with Crippen LogP contribution < -0.4 is 16.2 Å². The van der Waals surface area contributed by atoms with Gasteiger partial charge >= 0.3 is 0 Å². The van der Waals surface area contributed by atoms with Gasteiger partial charge in [0.2, 0.25) is 11.8 Å². The topological polar surface area (TPSA) is 131 Å². The second-order valence-corrected chi connectivity index (χ2v) is 9.81. The maximum Gasteiger partial charge on any atom is 0.247 e. The van der Waals surface area contributed by atoms with Crippen molar-refractivity contribution in [2.45, 2.75) is 24.8 Å². The lowest BCUT2D eigenvalue weighted by Crippen LogP contribution is -2.53. The minimum Gasteiger partial charge on any atom is -0.326 e. The first-order valence-corrected chi connectivity index (χ1v) is 12.9. The number of carbonyl (C=O) groups excluding carboxylic acids is 2. The first-order chi connectivity index (χ1) is 18.9. The number of aromatic nitrogens is 2. The molecule has 0 saturated carbocycles. The molecule has 3 aromatic carbocycles. The molecule has 9 nitrogen and oxygen atoms in total.